The Morgan fingerprint density at radius 2 is 1.90 bits per heavy atom. The van der Waals surface area contributed by atoms with Gasteiger partial charge in [-0.2, -0.15) is 5.26 Å². The summed E-state index contributed by atoms with van der Waals surface area (Å²) in [6, 6.07) is 14.7. The number of nitriles is 1. The maximum absolute atomic E-state index is 12.8. The van der Waals surface area contributed by atoms with E-state index in [2.05, 4.69) is 18.3 Å². The van der Waals surface area contributed by atoms with E-state index in [9.17, 15) is 4.39 Å². The Morgan fingerprint density at radius 1 is 1.20 bits per heavy atom. The zero-order valence-electron chi connectivity index (χ0n) is 11.7. The minimum absolute atomic E-state index is 0.211. The number of hydrogen-bond acceptors (Lipinski definition) is 2. The van der Waals surface area contributed by atoms with Crippen molar-refractivity contribution < 1.29 is 4.39 Å². The highest BCUT2D eigenvalue weighted by Crippen LogP contribution is 2.16. The molecule has 2 nitrogen and oxygen atoms in total. The number of nitrogens with one attached hydrogen (secondary N) is 1. The first-order valence-corrected chi connectivity index (χ1v) is 6.60. The highest BCUT2D eigenvalue weighted by molar-refractivity contribution is 5.52. The van der Waals surface area contributed by atoms with Crippen LogP contribution in [0.15, 0.2) is 42.5 Å². The van der Waals surface area contributed by atoms with Crippen molar-refractivity contribution in [3.63, 3.8) is 0 Å². The van der Waals surface area contributed by atoms with Crippen LogP contribution in [0.3, 0.4) is 0 Å². The average molecular weight is 268 g/mol. The fraction of sp³-hybridized carbons (Fsp3) is 0.235. The van der Waals surface area contributed by atoms with E-state index in [1.54, 1.807) is 12.1 Å². The smallest absolute Gasteiger partial charge is 0.123 e. The molecule has 1 unspecified atom stereocenters. The molecule has 2 aromatic carbocycles. The van der Waals surface area contributed by atoms with Gasteiger partial charge in [-0.1, -0.05) is 12.1 Å². The molecule has 0 radical (unpaired) electrons. The van der Waals surface area contributed by atoms with Crippen LogP contribution in [0, 0.1) is 24.1 Å². The molecule has 3 heteroatoms. The molecule has 0 aromatic heterocycles. The summed E-state index contributed by atoms with van der Waals surface area (Å²) >= 11 is 0. The van der Waals surface area contributed by atoms with E-state index in [0.717, 1.165) is 23.2 Å². The van der Waals surface area contributed by atoms with Crippen LogP contribution in [0.1, 0.15) is 23.6 Å². The van der Waals surface area contributed by atoms with Gasteiger partial charge in [0, 0.05) is 11.7 Å². The third kappa shape index (κ3) is 3.58. The van der Waals surface area contributed by atoms with E-state index in [4.69, 9.17) is 5.26 Å². The lowest BCUT2D eigenvalue weighted by Crippen LogP contribution is -2.18. The van der Waals surface area contributed by atoms with Gasteiger partial charge in [-0.25, -0.2) is 4.39 Å². The Kier molecular flexibility index (Phi) is 4.37. The van der Waals surface area contributed by atoms with Crippen LogP contribution in [-0.4, -0.2) is 6.04 Å². The molecule has 2 rings (SSSR count). The fourth-order valence-corrected chi connectivity index (χ4v) is 2.19. The topological polar surface area (TPSA) is 35.8 Å². The lowest BCUT2D eigenvalue weighted by atomic mass is 10.1. The molecule has 102 valence electrons. The van der Waals surface area contributed by atoms with Crippen LogP contribution in [0.4, 0.5) is 10.1 Å². The Labute approximate surface area is 118 Å². The summed E-state index contributed by atoms with van der Waals surface area (Å²) in [5, 5.41) is 12.3. The maximum atomic E-state index is 12.8. The predicted molar refractivity (Wildman–Crippen MR) is 79.1 cm³/mol. The van der Waals surface area contributed by atoms with E-state index in [0.29, 0.717) is 5.56 Å². The van der Waals surface area contributed by atoms with Gasteiger partial charge in [0.05, 0.1) is 11.6 Å². The molecule has 2 aromatic rings. The summed E-state index contributed by atoms with van der Waals surface area (Å²) in [6.45, 7) is 4.01. The second kappa shape index (κ2) is 6.21. The summed E-state index contributed by atoms with van der Waals surface area (Å²) in [6.07, 6.45) is 0.819. The average Bonchev–Trinajstić information content (AvgIpc) is 2.41. The maximum Gasteiger partial charge on any atom is 0.123 e. The first-order valence-electron chi connectivity index (χ1n) is 6.60. The van der Waals surface area contributed by atoms with E-state index in [1.165, 1.54) is 12.1 Å². The van der Waals surface area contributed by atoms with Crippen molar-refractivity contribution in [2.45, 2.75) is 26.3 Å². The molecule has 0 saturated carbocycles. The Hall–Kier alpha value is -2.34. The number of nitrogens with zero attached hydrogens (tertiary/aromatic N) is 1. The highest BCUT2D eigenvalue weighted by Gasteiger charge is 2.05. The van der Waals surface area contributed by atoms with Crippen LogP contribution in [0.2, 0.25) is 0 Å². The van der Waals surface area contributed by atoms with Gasteiger partial charge in [0.2, 0.25) is 0 Å². The van der Waals surface area contributed by atoms with Crippen LogP contribution in [0.25, 0.3) is 0 Å². The van der Waals surface area contributed by atoms with Gasteiger partial charge in [0.15, 0.2) is 0 Å². The van der Waals surface area contributed by atoms with Crippen LogP contribution in [-0.2, 0) is 6.42 Å². The summed E-state index contributed by atoms with van der Waals surface area (Å²) in [5.74, 6) is -0.211. The number of anilines is 1. The van der Waals surface area contributed by atoms with Crippen molar-refractivity contribution in [1.82, 2.24) is 0 Å². The van der Waals surface area contributed by atoms with Gasteiger partial charge >= 0.3 is 0 Å². The van der Waals surface area contributed by atoms with Crippen molar-refractivity contribution in [2.24, 2.45) is 0 Å². The second-order valence-electron chi connectivity index (χ2n) is 5.02. The third-order valence-corrected chi connectivity index (χ3v) is 3.22. The summed E-state index contributed by atoms with van der Waals surface area (Å²) < 4.78 is 12.8. The minimum Gasteiger partial charge on any atom is -0.382 e. The SMILES string of the molecule is Cc1cc(NC(C)Cc2ccc(F)cc2)ccc1C#N. The van der Waals surface area contributed by atoms with Gasteiger partial charge in [0.1, 0.15) is 5.82 Å². The number of halogens is 1. The summed E-state index contributed by atoms with van der Waals surface area (Å²) in [7, 11) is 0. The lowest BCUT2D eigenvalue weighted by Gasteiger charge is -2.16. The standard InChI is InChI=1S/C17H17FN2/c1-12-9-17(8-5-15(12)11-19)20-13(2)10-14-3-6-16(18)7-4-14/h3-9,13,20H,10H2,1-2H3. The molecule has 0 saturated heterocycles. The van der Waals surface area contributed by atoms with E-state index in [1.807, 2.05) is 25.1 Å². The molecule has 0 heterocycles. The summed E-state index contributed by atoms with van der Waals surface area (Å²) in [4.78, 5) is 0. The molecular formula is C17H17FN2. The Balaban J connectivity index is 2.01. The number of rotatable bonds is 4. The molecule has 0 aliphatic heterocycles. The van der Waals surface area contributed by atoms with Gasteiger partial charge in [-0.05, 0) is 61.7 Å². The number of benzene rings is 2. The molecule has 20 heavy (non-hydrogen) atoms. The lowest BCUT2D eigenvalue weighted by molar-refractivity contribution is 0.626. The highest BCUT2D eigenvalue weighted by atomic mass is 19.1. The van der Waals surface area contributed by atoms with Gasteiger partial charge in [-0.15, -0.1) is 0 Å². The van der Waals surface area contributed by atoms with E-state index in [-0.39, 0.29) is 11.9 Å². The molecule has 0 fully saturated rings. The monoisotopic (exact) mass is 268 g/mol. The van der Waals surface area contributed by atoms with Crippen molar-refractivity contribution in [1.29, 1.82) is 5.26 Å². The molecule has 1 N–H and O–H groups in total. The van der Waals surface area contributed by atoms with Crippen molar-refractivity contribution >= 4 is 5.69 Å². The minimum atomic E-state index is -0.211. The first kappa shape index (κ1) is 14.1. The molecule has 0 spiro atoms. The van der Waals surface area contributed by atoms with Crippen LogP contribution < -0.4 is 5.32 Å². The van der Waals surface area contributed by atoms with Gasteiger partial charge < -0.3 is 5.32 Å². The molecule has 0 amide bonds. The van der Waals surface area contributed by atoms with Crippen LogP contribution in [0.5, 0.6) is 0 Å². The second-order valence-corrected chi connectivity index (χ2v) is 5.02. The van der Waals surface area contributed by atoms with Crippen LogP contribution >= 0.6 is 0 Å². The third-order valence-electron chi connectivity index (χ3n) is 3.22. The van der Waals surface area contributed by atoms with E-state index < -0.39 is 0 Å². The molecule has 0 aliphatic rings. The zero-order valence-corrected chi connectivity index (χ0v) is 11.7. The molecule has 0 bridgehead atoms. The van der Waals surface area contributed by atoms with Gasteiger partial charge in [-0.3, -0.25) is 0 Å². The Bertz CT molecular complexity index is 626. The molecule has 0 aliphatic carbocycles. The first-order chi connectivity index (χ1) is 9.58. The predicted octanol–water partition coefficient (Wildman–Crippen LogP) is 4.05. The van der Waals surface area contributed by atoms with Crippen molar-refractivity contribution in [3.8, 4) is 6.07 Å². The summed E-state index contributed by atoms with van der Waals surface area (Å²) in [5.41, 5.74) is 3.75. The number of aryl methyl sites for hydroxylation is 1. The quantitative estimate of drug-likeness (QED) is 0.908. The molecule has 1 atom stereocenters. The zero-order chi connectivity index (χ0) is 14.5. The number of hydrogen-bond donors (Lipinski definition) is 1. The normalized spacial score (nSPS) is 11.7. The Morgan fingerprint density at radius 3 is 2.50 bits per heavy atom. The van der Waals surface area contributed by atoms with Gasteiger partial charge in [0.25, 0.3) is 0 Å². The van der Waals surface area contributed by atoms with Crippen molar-refractivity contribution in [3.05, 3.63) is 65.0 Å². The van der Waals surface area contributed by atoms with E-state index >= 15 is 0 Å². The van der Waals surface area contributed by atoms with Crippen molar-refractivity contribution in [2.75, 3.05) is 5.32 Å². The molecular weight excluding hydrogens is 251 g/mol. The fourth-order valence-electron chi connectivity index (χ4n) is 2.19. The largest absolute Gasteiger partial charge is 0.382 e.